The highest BCUT2D eigenvalue weighted by Crippen LogP contribution is 2.33. The van der Waals surface area contributed by atoms with E-state index in [4.69, 9.17) is 0 Å². The van der Waals surface area contributed by atoms with Crippen molar-refractivity contribution in [1.29, 1.82) is 0 Å². The number of sulfone groups is 1. The van der Waals surface area contributed by atoms with E-state index >= 15 is 0 Å². The van der Waals surface area contributed by atoms with Crippen molar-refractivity contribution in [3.63, 3.8) is 0 Å². The van der Waals surface area contributed by atoms with Gasteiger partial charge in [-0.15, -0.1) is 11.3 Å². The van der Waals surface area contributed by atoms with Crippen LogP contribution in [0.25, 0.3) is 0 Å². The fraction of sp³-hybridized carbons (Fsp3) is 0.692. The number of thiophene rings is 1. The monoisotopic (exact) mass is 303 g/mol. The normalized spacial score (nSPS) is 19.3. The minimum absolute atomic E-state index is 0.212. The molecule has 1 fully saturated rings. The van der Waals surface area contributed by atoms with Crippen molar-refractivity contribution < 1.29 is 13.5 Å². The van der Waals surface area contributed by atoms with Gasteiger partial charge in [0.25, 0.3) is 0 Å². The molecule has 0 radical (unpaired) electrons. The summed E-state index contributed by atoms with van der Waals surface area (Å²) in [6.45, 7) is 2.41. The van der Waals surface area contributed by atoms with Crippen LogP contribution in [0.4, 0.5) is 0 Å². The molecule has 2 rings (SSSR count). The van der Waals surface area contributed by atoms with Gasteiger partial charge in [0, 0.05) is 12.6 Å². The van der Waals surface area contributed by atoms with Gasteiger partial charge in [0.1, 0.15) is 4.21 Å². The Bertz CT molecular complexity index is 480. The Balaban J connectivity index is 1.75. The third kappa shape index (κ3) is 4.87. The quantitative estimate of drug-likeness (QED) is 0.766. The summed E-state index contributed by atoms with van der Waals surface area (Å²) >= 11 is 1.19. The molecule has 6 heteroatoms. The number of hydrogen-bond acceptors (Lipinski definition) is 5. The van der Waals surface area contributed by atoms with Gasteiger partial charge >= 0.3 is 0 Å². The lowest BCUT2D eigenvalue weighted by molar-refractivity contribution is 0.188. The van der Waals surface area contributed by atoms with Crippen molar-refractivity contribution in [2.45, 2.75) is 42.5 Å². The third-order valence-corrected chi connectivity index (χ3v) is 6.58. The van der Waals surface area contributed by atoms with Gasteiger partial charge in [-0.25, -0.2) is 8.42 Å². The molecule has 1 aromatic heterocycles. The summed E-state index contributed by atoms with van der Waals surface area (Å²) < 4.78 is 24.2. The summed E-state index contributed by atoms with van der Waals surface area (Å²) in [6.07, 6.45) is 2.88. The SMILES string of the molecule is CC(CC1CC1)NCC(O)CS(=O)(=O)c1cccs1. The van der Waals surface area contributed by atoms with E-state index in [1.807, 2.05) is 0 Å². The first-order valence-corrected chi connectivity index (χ1v) is 9.18. The molecule has 1 aromatic rings. The minimum atomic E-state index is -3.35. The van der Waals surface area contributed by atoms with Crippen molar-refractivity contribution in [3.8, 4) is 0 Å². The molecule has 1 aliphatic carbocycles. The smallest absolute Gasteiger partial charge is 0.190 e. The molecule has 0 saturated heterocycles. The summed E-state index contributed by atoms with van der Waals surface area (Å²) in [6, 6.07) is 3.63. The zero-order chi connectivity index (χ0) is 13.9. The third-order valence-electron chi connectivity index (χ3n) is 3.30. The first kappa shape index (κ1) is 15.0. The van der Waals surface area contributed by atoms with E-state index in [9.17, 15) is 13.5 Å². The van der Waals surface area contributed by atoms with Gasteiger partial charge in [-0.05, 0) is 30.7 Å². The maximum absolute atomic E-state index is 12.0. The van der Waals surface area contributed by atoms with E-state index in [0.29, 0.717) is 16.8 Å². The highest BCUT2D eigenvalue weighted by molar-refractivity contribution is 7.93. The van der Waals surface area contributed by atoms with Crippen molar-refractivity contribution in [2.75, 3.05) is 12.3 Å². The predicted octanol–water partition coefficient (Wildman–Crippen LogP) is 1.66. The summed E-state index contributed by atoms with van der Waals surface area (Å²) in [5.41, 5.74) is 0. The van der Waals surface area contributed by atoms with Crippen LogP contribution >= 0.6 is 11.3 Å². The molecule has 0 aliphatic heterocycles. The van der Waals surface area contributed by atoms with Gasteiger partial charge in [0.2, 0.25) is 0 Å². The molecule has 1 saturated carbocycles. The Labute approximate surface area is 118 Å². The summed E-state index contributed by atoms with van der Waals surface area (Å²) in [4.78, 5) is 0. The molecule has 0 amide bonds. The van der Waals surface area contributed by atoms with Gasteiger partial charge in [-0.3, -0.25) is 0 Å². The number of aliphatic hydroxyl groups excluding tert-OH is 1. The Hall–Kier alpha value is -0.430. The zero-order valence-corrected chi connectivity index (χ0v) is 12.7. The van der Waals surface area contributed by atoms with Crippen LogP contribution in [0.1, 0.15) is 26.2 Å². The average molecular weight is 303 g/mol. The fourth-order valence-electron chi connectivity index (χ4n) is 2.11. The molecule has 2 N–H and O–H groups in total. The van der Waals surface area contributed by atoms with Crippen LogP contribution in [0.15, 0.2) is 21.7 Å². The molecule has 1 heterocycles. The van der Waals surface area contributed by atoms with Crippen LogP contribution in [-0.4, -0.2) is 38.0 Å². The van der Waals surface area contributed by atoms with E-state index in [-0.39, 0.29) is 5.75 Å². The molecule has 108 valence electrons. The van der Waals surface area contributed by atoms with Crippen LogP contribution in [0, 0.1) is 5.92 Å². The highest BCUT2D eigenvalue weighted by atomic mass is 32.2. The number of hydrogen-bond donors (Lipinski definition) is 2. The minimum Gasteiger partial charge on any atom is -0.391 e. The highest BCUT2D eigenvalue weighted by Gasteiger charge is 2.24. The van der Waals surface area contributed by atoms with E-state index < -0.39 is 15.9 Å². The van der Waals surface area contributed by atoms with Gasteiger partial charge in [-0.2, -0.15) is 0 Å². The summed E-state index contributed by atoms with van der Waals surface area (Å²) in [7, 11) is -3.35. The predicted molar refractivity (Wildman–Crippen MR) is 77.2 cm³/mol. The fourth-order valence-corrected chi connectivity index (χ4v) is 4.59. The Morgan fingerprint density at radius 3 is 2.84 bits per heavy atom. The molecule has 1 aliphatic rings. The summed E-state index contributed by atoms with van der Waals surface area (Å²) in [5, 5.41) is 14.8. The van der Waals surface area contributed by atoms with Gasteiger partial charge < -0.3 is 10.4 Å². The van der Waals surface area contributed by atoms with Crippen LogP contribution < -0.4 is 5.32 Å². The number of nitrogens with one attached hydrogen (secondary N) is 1. The molecule has 2 unspecified atom stereocenters. The van der Waals surface area contributed by atoms with Crippen molar-refractivity contribution in [3.05, 3.63) is 17.5 Å². The molecule has 0 bridgehead atoms. The molecular formula is C13H21NO3S2. The van der Waals surface area contributed by atoms with E-state index in [2.05, 4.69) is 12.2 Å². The Kier molecular flexibility index (Phi) is 5.00. The van der Waals surface area contributed by atoms with Crippen molar-refractivity contribution in [1.82, 2.24) is 5.32 Å². The maximum Gasteiger partial charge on any atom is 0.190 e. The molecule has 4 nitrogen and oxygen atoms in total. The van der Waals surface area contributed by atoms with Crippen molar-refractivity contribution in [2.24, 2.45) is 5.92 Å². The van der Waals surface area contributed by atoms with Gasteiger partial charge in [-0.1, -0.05) is 18.9 Å². The topological polar surface area (TPSA) is 66.4 Å². The number of rotatable bonds is 8. The van der Waals surface area contributed by atoms with Crippen LogP contribution in [0.5, 0.6) is 0 Å². The molecular weight excluding hydrogens is 282 g/mol. The Morgan fingerprint density at radius 2 is 2.26 bits per heavy atom. The van der Waals surface area contributed by atoms with Crippen molar-refractivity contribution >= 4 is 21.2 Å². The largest absolute Gasteiger partial charge is 0.391 e. The second-order valence-corrected chi connectivity index (χ2v) is 8.56. The lowest BCUT2D eigenvalue weighted by Gasteiger charge is -2.16. The Morgan fingerprint density at radius 1 is 1.53 bits per heavy atom. The second kappa shape index (κ2) is 6.35. The lowest BCUT2D eigenvalue weighted by atomic mass is 10.1. The van der Waals surface area contributed by atoms with Crippen LogP contribution in [-0.2, 0) is 9.84 Å². The first-order valence-electron chi connectivity index (χ1n) is 6.65. The second-order valence-electron chi connectivity index (χ2n) is 5.36. The van der Waals surface area contributed by atoms with E-state index in [1.54, 1.807) is 17.5 Å². The molecule has 0 spiro atoms. The lowest BCUT2D eigenvalue weighted by Crippen LogP contribution is -2.37. The van der Waals surface area contributed by atoms with Crippen LogP contribution in [0.2, 0.25) is 0 Å². The van der Waals surface area contributed by atoms with Crippen LogP contribution in [0.3, 0.4) is 0 Å². The zero-order valence-electron chi connectivity index (χ0n) is 11.1. The summed E-state index contributed by atoms with van der Waals surface area (Å²) in [5.74, 6) is 0.617. The molecule has 2 atom stereocenters. The van der Waals surface area contributed by atoms with E-state index in [0.717, 1.165) is 12.3 Å². The maximum atomic E-state index is 12.0. The first-order chi connectivity index (χ1) is 8.97. The molecule has 19 heavy (non-hydrogen) atoms. The van der Waals surface area contributed by atoms with Gasteiger partial charge in [0.05, 0.1) is 11.9 Å². The standard InChI is InChI=1S/C13H21NO3S2/c1-10(7-11-4-5-11)14-8-12(15)9-19(16,17)13-3-2-6-18-13/h2-3,6,10-12,14-15H,4-5,7-9H2,1H3. The molecule has 0 aromatic carbocycles. The van der Waals surface area contributed by atoms with Gasteiger partial charge in [0.15, 0.2) is 9.84 Å². The number of aliphatic hydroxyl groups is 1. The van der Waals surface area contributed by atoms with E-state index in [1.165, 1.54) is 24.2 Å². The average Bonchev–Trinajstić information content (AvgIpc) is 2.96.